The molecule has 2 aromatic heterocycles. The van der Waals surface area contributed by atoms with E-state index in [0.717, 1.165) is 38.4 Å². The van der Waals surface area contributed by atoms with Crippen LogP contribution in [-0.2, 0) is 5.41 Å². The maximum atomic E-state index is 8.75. The lowest BCUT2D eigenvalue weighted by atomic mass is 9.81. The van der Waals surface area contributed by atoms with Crippen LogP contribution in [0.1, 0.15) is 31.8 Å². The zero-order valence-corrected chi connectivity index (χ0v) is 32.4. The van der Waals surface area contributed by atoms with Gasteiger partial charge in [0, 0.05) is 38.4 Å². The molecular weight excluding hydrogens is 715 g/mol. The fourth-order valence-corrected chi connectivity index (χ4v) is 10.5. The third-order valence-electron chi connectivity index (χ3n) is 13.0. The second kappa shape index (κ2) is 11.8. The Morgan fingerprint density at radius 2 is 1.17 bits per heavy atom. The first-order valence-electron chi connectivity index (χ1n) is 22.7. The van der Waals surface area contributed by atoms with Crippen molar-refractivity contribution in [1.29, 1.82) is 0 Å². The minimum atomic E-state index is -0.419. The van der Waals surface area contributed by atoms with Crippen LogP contribution in [0.4, 0.5) is 0 Å². The summed E-state index contributed by atoms with van der Waals surface area (Å²) in [7, 11) is 0. The molecule has 0 saturated carbocycles. The molecule has 0 N–H and O–H groups in total. The van der Waals surface area contributed by atoms with E-state index >= 15 is 0 Å². The van der Waals surface area contributed by atoms with E-state index in [2.05, 4.69) is 146 Å². The Morgan fingerprint density at radius 1 is 0.492 bits per heavy atom. The van der Waals surface area contributed by atoms with Crippen LogP contribution in [0.3, 0.4) is 0 Å². The fraction of sp³-hybridized carbons (Fsp3) is 0.0526. The van der Waals surface area contributed by atoms with Gasteiger partial charge in [-0.05, 0) is 102 Å². The van der Waals surface area contributed by atoms with Gasteiger partial charge in [0.25, 0.3) is 0 Å². The standard InChI is InChI=1S/C57H37NO/c1-57(2)48-21-10-9-17-45(48)55-54(57)47-33-37(27-32-49(47)58(55)38-15-7-4-8-16-38)39-28-23-35-26-31-44-41(29-24-36-25-30-43(39)51(35)52(36)44)42-19-12-22-50-53(42)46-20-11-18-40(56(46)59-50)34-13-5-3-6-14-34/h3-33H,1-2H3/i3D,5D,6D,13D,14D. The molecule has 276 valence electrons. The third kappa shape index (κ3) is 4.41. The molecule has 0 bridgehead atoms. The highest BCUT2D eigenvalue weighted by Gasteiger charge is 2.40. The zero-order chi connectivity index (χ0) is 43.3. The quantitative estimate of drug-likeness (QED) is 0.164. The third-order valence-corrected chi connectivity index (χ3v) is 13.0. The number of nitrogens with zero attached hydrogens (tertiary/aromatic N) is 1. The lowest BCUT2D eigenvalue weighted by Gasteiger charge is -2.21. The fourth-order valence-electron chi connectivity index (χ4n) is 10.5. The summed E-state index contributed by atoms with van der Waals surface area (Å²) in [4.78, 5) is 0. The van der Waals surface area contributed by atoms with Crippen molar-refractivity contribution >= 4 is 65.2 Å². The minimum absolute atomic E-state index is 0.127. The van der Waals surface area contributed by atoms with Gasteiger partial charge in [0.15, 0.2) is 0 Å². The number of para-hydroxylation sites is 2. The van der Waals surface area contributed by atoms with Crippen LogP contribution >= 0.6 is 0 Å². The molecular formula is C57H37NO. The van der Waals surface area contributed by atoms with Crippen LogP contribution in [-0.4, -0.2) is 4.57 Å². The van der Waals surface area contributed by atoms with Crippen LogP contribution in [0.2, 0.25) is 0 Å². The van der Waals surface area contributed by atoms with Crippen molar-refractivity contribution in [3.63, 3.8) is 0 Å². The van der Waals surface area contributed by atoms with E-state index in [1.807, 2.05) is 24.3 Å². The summed E-state index contributed by atoms with van der Waals surface area (Å²) >= 11 is 0. The van der Waals surface area contributed by atoms with E-state index in [1.54, 1.807) is 6.07 Å². The first-order valence-corrected chi connectivity index (χ1v) is 20.2. The zero-order valence-electron chi connectivity index (χ0n) is 37.4. The van der Waals surface area contributed by atoms with Gasteiger partial charge in [-0.3, -0.25) is 0 Å². The number of hydrogen-bond donors (Lipinski definition) is 0. The van der Waals surface area contributed by atoms with Gasteiger partial charge in [-0.1, -0.05) is 171 Å². The van der Waals surface area contributed by atoms with Gasteiger partial charge in [-0.2, -0.15) is 0 Å². The van der Waals surface area contributed by atoms with Gasteiger partial charge >= 0.3 is 0 Å². The molecule has 2 nitrogen and oxygen atoms in total. The second-order valence-electron chi connectivity index (χ2n) is 16.4. The van der Waals surface area contributed by atoms with Crippen LogP contribution in [0, 0.1) is 0 Å². The van der Waals surface area contributed by atoms with Crippen molar-refractivity contribution in [2.45, 2.75) is 19.3 Å². The molecule has 0 radical (unpaired) electrons. The summed E-state index contributed by atoms with van der Waals surface area (Å²) in [5.74, 6) is 0. The Labute approximate surface area is 348 Å². The van der Waals surface area contributed by atoms with Gasteiger partial charge in [-0.15, -0.1) is 0 Å². The van der Waals surface area contributed by atoms with Crippen molar-refractivity contribution in [2.24, 2.45) is 0 Å². The average Bonchev–Trinajstić information content (AvgIpc) is 3.96. The van der Waals surface area contributed by atoms with Crippen LogP contribution in [0.5, 0.6) is 0 Å². The van der Waals surface area contributed by atoms with Crippen molar-refractivity contribution < 1.29 is 11.3 Å². The first-order chi connectivity index (χ1) is 31.1. The number of furan rings is 1. The predicted molar refractivity (Wildman–Crippen MR) is 248 cm³/mol. The highest BCUT2D eigenvalue weighted by molar-refractivity contribution is 6.29. The van der Waals surface area contributed by atoms with E-state index < -0.39 is 6.04 Å². The van der Waals surface area contributed by atoms with Gasteiger partial charge in [0.2, 0.25) is 0 Å². The molecule has 0 amide bonds. The van der Waals surface area contributed by atoms with Gasteiger partial charge in [0.1, 0.15) is 11.2 Å². The number of rotatable bonds is 4. The van der Waals surface area contributed by atoms with E-state index in [1.165, 1.54) is 66.0 Å². The topological polar surface area (TPSA) is 18.1 Å². The largest absolute Gasteiger partial charge is 0.455 e. The van der Waals surface area contributed by atoms with Crippen molar-refractivity contribution in [3.05, 3.63) is 199 Å². The lowest BCUT2D eigenvalue weighted by molar-refractivity contribution is 0.666. The molecule has 10 aromatic carbocycles. The first kappa shape index (κ1) is 28.1. The molecule has 59 heavy (non-hydrogen) atoms. The summed E-state index contributed by atoms with van der Waals surface area (Å²) in [6.45, 7) is 4.72. The average molecular weight is 757 g/mol. The molecule has 1 aliphatic carbocycles. The molecule has 2 heteroatoms. The smallest absolute Gasteiger partial charge is 0.143 e. The maximum absolute atomic E-state index is 8.75. The highest BCUT2D eigenvalue weighted by atomic mass is 16.3. The monoisotopic (exact) mass is 756 g/mol. The summed E-state index contributed by atoms with van der Waals surface area (Å²) in [5, 5.41) is 10.1. The van der Waals surface area contributed by atoms with Crippen LogP contribution in [0.15, 0.2) is 192 Å². The molecule has 13 rings (SSSR count). The second-order valence-corrected chi connectivity index (χ2v) is 16.4. The van der Waals surface area contributed by atoms with Gasteiger partial charge < -0.3 is 8.98 Å². The Balaban J connectivity index is 1.02. The molecule has 0 spiro atoms. The SMILES string of the molecule is [2H]c1c([2H])c([2H])c(-c2cccc3c2oc2cccc(-c4ccc5ccc6c(-c7ccc8c(c7)c7c(n8-c8ccccc8)-c8ccccc8C7(C)C)ccc7ccc4c5c76)c23)c([2H])c1[2H]. The molecule has 0 unspecified atom stereocenters. The van der Waals surface area contributed by atoms with E-state index in [-0.39, 0.29) is 35.1 Å². The molecule has 0 aliphatic heterocycles. The Kier molecular flexibility index (Phi) is 5.62. The van der Waals surface area contributed by atoms with Crippen molar-refractivity contribution in [2.75, 3.05) is 0 Å². The van der Waals surface area contributed by atoms with E-state index in [9.17, 15) is 0 Å². The van der Waals surface area contributed by atoms with Crippen LogP contribution in [0.25, 0.3) is 115 Å². The van der Waals surface area contributed by atoms with Gasteiger partial charge in [-0.25, -0.2) is 0 Å². The number of aromatic nitrogens is 1. The van der Waals surface area contributed by atoms with Gasteiger partial charge in [0.05, 0.1) is 18.1 Å². The van der Waals surface area contributed by atoms with Crippen molar-refractivity contribution in [3.8, 4) is 50.3 Å². The molecule has 1 aliphatic rings. The maximum Gasteiger partial charge on any atom is 0.143 e. The Bertz CT molecular complexity index is 3960. The highest BCUT2D eigenvalue weighted by Crippen LogP contribution is 2.54. The number of hydrogen-bond acceptors (Lipinski definition) is 1. The van der Waals surface area contributed by atoms with Crippen LogP contribution < -0.4 is 0 Å². The summed E-state index contributed by atoms with van der Waals surface area (Å²) < 4.78 is 51.4. The molecule has 12 aromatic rings. The molecule has 2 heterocycles. The predicted octanol–water partition coefficient (Wildman–Crippen LogP) is 15.7. The molecule has 0 fully saturated rings. The van der Waals surface area contributed by atoms with E-state index in [4.69, 9.17) is 11.3 Å². The van der Waals surface area contributed by atoms with E-state index in [0.29, 0.717) is 16.7 Å². The Hall–Kier alpha value is -7.42. The molecule has 0 saturated heterocycles. The van der Waals surface area contributed by atoms with Crippen molar-refractivity contribution in [1.82, 2.24) is 4.57 Å². The molecule has 0 atom stereocenters. The number of fused-ring (bicyclic) bond motifs is 8. The summed E-state index contributed by atoms with van der Waals surface area (Å²) in [5.41, 5.74) is 13.6. The number of benzene rings is 10. The lowest BCUT2D eigenvalue weighted by Crippen LogP contribution is -2.14. The minimum Gasteiger partial charge on any atom is -0.455 e. The Morgan fingerprint density at radius 3 is 1.98 bits per heavy atom. The summed E-state index contributed by atoms with van der Waals surface area (Å²) in [6, 6.07) is 54.6. The summed E-state index contributed by atoms with van der Waals surface area (Å²) in [6.07, 6.45) is 0. The normalized spacial score (nSPS) is 14.6.